The van der Waals surface area contributed by atoms with Gasteiger partial charge in [-0.2, -0.15) is 13.2 Å². The highest BCUT2D eigenvalue weighted by molar-refractivity contribution is 6.33. The Bertz CT molecular complexity index is 497. The third kappa shape index (κ3) is 3.74. The van der Waals surface area contributed by atoms with Crippen molar-refractivity contribution in [2.45, 2.75) is 25.1 Å². The summed E-state index contributed by atoms with van der Waals surface area (Å²) >= 11 is 5.80. The van der Waals surface area contributed by atoms with Crippen LogP contribution in [0, 0.1) is 0 Å². The van der Waals surface area contributed by atoms with E-state index in [1.165, 1.54) is 6.07 Å². The van der Waals surface area contributed by atoms with E-state index in [0.29, 0.717) is 5.69 Å². The maximum absolute atomic E-state index is 12.5. The fourth-order valence-electron chi connectivity index (χ4n) is 1.41. The van der Waals surface area contributed by atoms with Crippen molar-refractivity contribution >= 4 is 23.2 Å². The molecule has 4 N–H and O–H groups in total. The first-order valence-corrected chi connectivity index (χ1v) is 5.96. The molecule has 0 aliphatic heterocycles. The zero-order valence-corrected chi connectivity index (χ0v) is 10.5. The molecule has 0 spiro atoms. The number of anilines is 1. The lowest BCUT2D eigenvalue weighted by Gasteiger charge is -2.13. The van der Waals surface area contributed by atoms with E-state index < -0.39 is 11.7 Å². The van der Waals surface area contributed by atoms with E-state index in [9.17, 15) is 13.2 Å². The lowest BCUT2D eigenvalue weighted by Crippen LogP contribution is -2.36. The lowest BCUT2D eigenvalue weighted by molar-refractivity contribution is -0.137. The molecule has 4 nitrogen and oxygen atoms in total. The highest BCUT2D eigenvalue weighted by atomic mass is 35.5. The van der Waals surface area contributed by atoms with E-state index in [1.807, 2.05) is 0 Å². The largest absolute Gasteiger partial charge is 0.416 e. The second-order valence-electron chi connectivity index (χ2n) is 4.17. The Morgan fingerprint density at radius 1 is 1.37 bits per heavy atom. The number of hydrazine groups is 1. The molecule has 1 aromatic rings. The number of rotatable bonds is 2. The Morgan fingerprint density at radius 3 is 2.53 bits per heavy atom. The van der Waals surface area contributed by atoms with Gasteiger partial charge in [-0.15, -0.1) is 0 Å². The van der Waals surface area contributed by atoms with Crippen LogP contribution in [0.25, 0.3) is 0 Å². The number of guanidine groups is 1. The SMILES string of the molecule is NNC(=NC1CC1)Nc1ccc(C(F)(F)F)cc1Cl. The van der Waals surface area contributed by atoms with Gasteiger partial charge < -0.3 is 5.32 Å². The summed E-state index contributed by atoms with van der Waals surface area (Å²) in [4.78, 5) is 4.20. The smallest absolute Gasteiger partial charge is 0.324 e. The van der Waals surface area contributed by atoms with E-state index in [2.05, 4.69) is 15.7 Å². The minimum absolute atomic E-state index is 0.0476. The lowest BCUT2D eigenvalue weighted by atomic mass is 10.2. The number of hydrogen-bond acceptors (Lipinski definition) is 2. The molecule has 19 heavy (non-hydrogen) atoms. The van der Waals surface area contributed by atoms with Crippen LogP contribution < -0.4 is 16.6 Å². The zero-order valence-electron chi connectivity index (χ0n) is 9.76. The van der Waals surface area contributed by atoms with Crippen LogP contribution in [0.3, 0.4) is 0 Å². The van der Waals surface area contributed by atoms with Crippen molar-refractivity contribution in [3.05, 3.63) is 28.8 Å². The summed E-state index contributed by atoms with van der Waals surface area (Å²) in [5, 5.41) is 2.71. The van der Waals surface area contributed by atoms with Gasteiger partial charge in [-0.05, 0) is 31.0 Å². The van der Waals surface area contributed by atoms with Crippen molar-refractivity contribution in [1.29, 1.82) is 0 Å². The Hall–Kier alpha value is -1.47. The second kappa shape index (κ2) is 5.26. The van der Waals surface area contributed by atoms with E-state index in [4.69, 9.17) is 17.4 Å². The van der Waals surface area contributed by atoms with Crippen molar-refractivity contribution in [2.24, 2.45) is 10.8 Å². The maximum Gasteiger partial charge on any atom is 0.416 e. The van der Waals surface area contributed by atoms with Gasteiger partial charge in [0.2, 0.25) is 5.96 Å². The summed E-state index contributed by atoms with van der Waals surface area (Å²) in [6.07, 6.45) is -2.46. The van der Waals surface area contributed by atoms with E-state index in [0.717, 1.165) is 25.0 Å². The van der Waals surface area contributed by atoms with Crippen LogP contribution in [0.1, 0.15) is 18.4 Å². The highest BCUT2D eigenvalue weighted by Gasteiger charge is 2.31. The van der Waals surface area contributed by atoms with Gasteiger partial charge in [-0.1, -0.05) is 11.6 Å². The zero-order chi connectivity index (χ0) is 14.0. The van der Waals surface area contributed by atoms with Gasteiger partial charge in [0.15, 0.2) is 0 Å². The Labute approximate surface area is 112 Å². The summed E-state index contributed by atoms with van der Waals surface area (Å²) in [7, 11) is 0. The number of alkyl halides is 3. The predicted octanol–water partition coefficient (Wildman–Crippen LogP) is 2.75. The van der Waals surface area contributed by atoms with Gasteiger partial charge in [0.25, 0.3) is 0 Å². The van der Waals surface area contributed by atoms with Crippen LogP contribution in [-0.4, -0.2) is 12.0 Å². The van der Waals surface area contributed by atoms with Crippen LogP contribution in [0.15, 0.2) is 23.2 Å². The quantitative estimate of drug-likeness (QED) is 0.340. The summed E-state index contributed by atoms with van der Waals surface area (Å²) in [6.45, 7) is 0. The molecule has 1 fully saturated rings. The molecule has 2 rings (SSSR count). The fourth-order valence-corrected chi connectivity index (χ4v) is 1.64. The van der Waals surface area contributed by atoms with Crippen molar-refractivity contribution in [3.8, 4) is 0 Å². The molecule has 1 aliphatic carbocycles. The van der Waals surface area contributed by atoms with Gasteiger partial charge in [-0.25, -0.2) is 10.8 Å². The minimum atomic E-state index is -4.42. The van der Waals surface area contributed by atoms with Gasteiger partial charge in [0.1, 0.15) is 0 Å². The Kier molecular flexibility index (Phi) is 3.86. The fraction of sp³-hybridized carbons (Fsp3) is 0.364. The average molecular weight is 293 g/mol. The summed E-state index contributed by atoms with van der Waals surface area (Å²) < 4.78 is 37.4. The van der Waals surface area contributed by atoms with E-state index in [1.54, 1.807) is 0 Å². The third-order valence-corrected chi connectivity index (χ3v) is 2.86. The number of hydrogen-bond donors (Lipinski definition) is 3. The molecule has 0 heterocycles. The third-order valence-electron chi connectivity index (χ3n) is 2.54. The molecule has 104 valence electrons. The first kappa shape index (κ1) is 14.0. The summed E-state index contributed by atoms with van der Waals surface area (Å²) in [5.74, 6) is 5.56. The topological polar surface area (TPSA) is 62.4 Å². The average Bonchev–Trinajstić information content (AvgIpc) is 3.13. The van der Waals surface area contributed by atoms with Crippen LogP contribution in [0.5, 0.6) is 0 Å². The number of nitrogens with two attached hydrogens (primary N) is 1. The molecule has 0 saturated heterocycles. The summed E-state index contributed by atoms with van der Waals surface area (Å²) in [6, 6.07) is 3.26. The Morgan fingerprint density at radius 2 is 2.05 bits per heavy atom. The van der Waals surface area contributed by atoms with Crippen LogP contribution in [0.2, 0.25) is 5.02 Å². The molecule has 1 aliphatic rings. The standard InChI is InChI=1S/C11H12ClF3N4/c12-8-5-6(11(13,14)15)1-4-9(8)18-10(19-16)17-7-2-3-7/h1,4-5,7H,2-3,16H2,(H2,17,18,19). The second-order valence-corrected chi connectivity index (χ2v) is 4.58. The monoisotopic (exact) mass is 292 g/mol. The molecule has 0 amide bonds. The Balaban J connectivity index is 2.16. The van der Waals surface area contributed by atoms with E-state index >= 15 is 0 Å². The molecular formula is C11H12ClF3N4. The molecule has 0 bridgehead atoms. The van der Waals surface area contributed by atoms with Gasteiger partial charge >= 0.3 is 6.18 Å². The molecule has 8 heteroatoms. The van der Waals surface area contributed by atoms with Gasteiger partial charge in [-0.3, -0.25) is 5.43 Å². The van der Waals surface area contributed by atoms with Gasteiger partial charge in [0.05, 0.1) is 22.3 Å². The normalized spacial score (nSPS) is 16.4. The van der Waals surface area contributed by atoms with Crippen molar-refractivity contribution < 1.29 is 13.2 Å². The van der Waals surface area contributed by atoms with E-state index in [-0.39, 0.29) is 17.0 Å². The van der Waals surface area contributed by atoms with Crippen molar-refractivity contribution in [3.63, 3.8) is 0 Å². The molecule has 0 atom stereocenters. The molecule has 0 radical (unpaired) electrons. The summed E-state index contributed by atoms with van der Waals surface area (Å²) in [5.41, 5.74) is 1.86. The number of nitrogens with zero attached hydrogens (tertiary/aromatic N) is 1. The molecule has 1 saturated carbocycles. The molecule has 0 unspecified atom stereocenters. The van der Waals surface area contributed by atoms with Crippen molar-refractivity contribution in [1.82, 2.24) is 5.43 Å². The highest BCUT2D eigenvalue weighted by Crippen LogP contribution is 2.33. The molecule has 0 aromatic heterocycles. The van der Waals surface area contributed by atoms with Crippen molar-refractivity contribution in [2.75, 3.05) is 5.32 Å². The number of aliphatic imine (C=N–C) groups is 1. The number of benzene rings is 1. The van der Waals surface area contributed by atoms with Crippen LogP contribution >= 0.6 is 11.6 Å². The van der Waals surface area contributed by atoms with Gasteiger partial charge in [0, 0.05) is 0 Å². The first-order chi connectivity index (χ1) is 8.90. The molecular weight excluding hydrogens is 281 g/mol. The first-order valence-electron chi connectivity index (χ1n) is 5.58. The van der Waals surface area contributed by atoms with Crippen LogP contribution in [-0.2, 0) is 6.18 Å². The maximum atomic E-state index is 12.5. The number of halogens is 4. The van der Waals surface area contributed by atoms with Crippen LogP contribution in [0.4, 0.5) is 18.9 Å². The molecule has 1 aromatic carbocycles. The predicted molar refractivity (Wildman–Crippen MR) is 67.9 cm³/mol. The minimum Gasteiger partial charge on any atom is -0.324 e. The number of nitrogens with one attached hydrogen (secondary N) is 2.